The van der Waals surface area contributed by atoms with E-state index in [1.807, 2.05) is 65.5 Å². The van der Waals surface area contributed by atoms with Crippen LogP contribution in [-0.2, 0) is 19.6 Å². The summed E-state index contributed by atoms with van der Waals surface area (Å²) in [5, 5.41) is 10.00. The number of carbonyl (C=O) groups is 1. The van der Waals surface area contributed by atoms with Crippen molar-refractivity contribution in [2.75, 3.05) is 7.11 Å². The van der Waals surface area contributed by atoms with Crippen molar-refractivity contribution in [2.24, 2.45) is 0 Å². The third-order valence-electron chi connectivity index (χ3n) is 4.08. The summed E-state index contributed by atoms with van der Waals surface area (Å²) in [6, 6.07) is 17.3. The van der Waals surface area contributed by atoms with Crippen LogP contribution in [0, 0.1) is 0 Å². The number of urea groups is 1. The molecule has 0 fully saturated rings. The molecule has 2 amide bonds. The number of carbonyl (C=O) groups excluding carboxylic acids is 1. The van der Waals surface area contributed by atoms with E-state index in [1.54, 1.807) is 13.3 Å². The van der Waals surface area contributed by atoms with Crippen LogP contribution in [-0.4, -0.2) is 22.9 Å². The highest BCUT2D eigenvalue weighted by Crippen LogP contribution is 2.16. The fraction of sp³-hybridized carbons (Fsp3) is 0.200. The van der Waals surface area contributed by atoms with Gasteiger partial charge in [-0.25, -0.2) is 4.79 Å². The second-order valence-electron chi connectivity index (χ2n) is 5.82. The van der Waals surface area contributed by atoms with Crippen LogP contribution < -0.4 is 15.4 Å². The lowest BCUT2D eigenvalue weighted by Gasteiger charge is -2.13. The molecule has 3 aromatic rings. The zero-order valence-corrected chi connectivity index (χ0v) is 14.7. The van der Waals surface area contributed by atoms with Crippen molar-refractivity contribution in [2.45, 2.75) is 19.6 Å². The molecule has 0 saturated carbocycles. The molecule has 26 heavy (non-hydrogen) atoms. The number of hydrogen-bond donors (Lipinski definition) is 2. The second-order valence-corrected chi connectivity index (χ2v) is 5.82. The standard InChI is InChI=1S/C20H22N4O2/c1-26-19-10-5-4-8-17(19)14-22-20(25)21-13-16-7-2-3-9-18(16)15-24-12-6-11-23-24/h2-12H,13-15H2,1H3,(H2,21,22,25). The van der Waals surface area contributed by atoms with Gasteiger partial charge in [0.05, 0.1) is 13.7 Å². The quantitative estimate of drug-likeness (QED) is 0.688. The fourth-order valence-corrected chi connectivity index (χ4v) is 2.72. The van der Waals surface area contributed by atoms with E-state index >= 15 is 0 Å². The first-order valence-electron chi connectivity index (χ1n) is 8.44. The molecule has 1 aromatic heterocycles. The molecule has 0 aliphatic carbocycles. The summed E-state index contributed by atoms with van der Waals surface area (Å²) in [4.78, 5) is 12.1. The van der Waals surface area contributed by atoms with Crippen molar-refractivity contribution in [3.63, 3.8) is 0 Å². The summed E-state index contributed by atoms with van der Waals surface area (Å²) < 4.78 is 7.15. The summed E-state index contributed by atoms with van der Waals surface area (Å²) in [5.74, 6) is 0.761. The van der Waals surface area contributed by atoms with Gasteiger partial charge in [0.1, 0.15) is 5.75 Å². The van der Waals surface area contributed by atoms with Gasteiger partial charge in [-0.05, 0) is 23.3 Å². The van der Waals surface area contributed by atoms with Gasteiger partial charge in [0.2, 0.25) is 0 Å². The van der Waals surface area contributed by atoms with Crippen molar-refractivity contribution in [1.82, 2.24) is 20.4 Å². The molecule has 0 spiro atoms. The van der Waals surface area contributed by atoms with Gasteiger partial charge in [-0.15, -0.1) is 0 Å². The molecular weight excluding hydrogens is 328 g/mol. The number of nitrogens with zero attached hydrogens (tertiary/aromatic N) is 2. The zero-order chi connectivity index (χ0) is 18.2. The maximum atomic E-state index is 12.1. The van der Waals surface area contributed by atoms with Crippen LogP contribution in [0.2, 0.25) is 0 Å². The molecule has 0 atom stereocenters. The number of rotatable bonds is 7. The molecule has 3 rings (SSSR count). The van der Waals surface area contributed by atoms with Crippen molar-refractivity contribution >= 4 is 6.03 Å². The van der Waals surface area contributed by atoms with Crippen molar-refractivity contribution in [3.8, 4) is 5.75 Å². The van der Waals surface area contributed by atoms with Crippen LogP contribution in [0.15, 0.2) is 67.0 Å². The molecule has 1 heterocycles. The summed E-state index contributed by atoms with van der Waals surface area (Å²) >= 11 is 0. The van der Waals surface area contributed by atoms with Crippen LogP contribution in [0.5, 0.6) is 5.75 Å². The van der Waals surface area contributed by atoms with Gasteiger partial charge in [-0.1, -0.05) is 42.5 Å². The lowest BCUT2D eigenvalue weighted by atomic mass is 10.1. The Morgan fingerprint density at radius 2 is 1.62 bits per heavy atom. The molecule has 6 nitrogen and oxygen atoms in total. The average molecular weight is 350 g/mol. The second kappa shape index (κ2) is 8.71. The van der Waals surface area contributed by atoms with E-state index in [0.717, 1.165) is 22.4 Å². The van der Waals surface area contributed by atoms with Crippen molar-refractivity contribution in [3.05, 3.63) is 83.7 Å². The highest BCUT2D eigenvalue weighted by atomic mass is 16.5. The minimum absolute atomic E-state index is 0.218. The van der Waals surface area contributed by atoms with E-state index in [2.05, 4.69) is 15.7 Å². The Kier molecular flexibility index (Phi) is 5.88. The first-order valence-corrected chi connectivity index (χ1v) is 8.44. The number of ether oxygens (including phenoxy) is 1. The lowest BCUT2D eigenvalue weighted by molar-refractivity contribution is 0.240. The van der Waals surface area contributed by atoms with E-state index < -0.39 is 0 Å². The van der Waals surface area contributed by atoms with Gasteiger partial charge in [0, 0.05) is 31.0 Å². The van der Waals surface area contributed by atoms with Crippen LogP contribution in [0.25, 0.3) is 0 Å². The fourth-order valence-electron chi connectivity index (χ4n) is 2.72. The molecule has 0 unspecified atom stereocenters. The van der Waals surface area contributed by atoms with Gasteiger partial charge in [0.25, 0.3) is 0 Å². The monoisotopic (exact) mass is 350 g/mol. The van der Waals surface area contributed by atoms with Crippen LogP contribution in [0.3, 0.4) is 0 Å². The van der Waals surface area contributed by atoms with Crippen molar-refractivity contribution in [1.29, 1.82) is 0 Å². The molecular formula is C20H22N4O2. The summed E-state index contributed by atoms with van der Waals surface area (Å²) in [5.41, 5.74) is 3.13. The Labute approximate surface area is 152 Å². The minimum Gasteiger partial charge on any atom is -0.496 e. The van der Waals surface area contributed by atoms with E-state index in [4.69, 9.17) is 4.74 Å². The maximum Gasteiger partial charge on any atom is 0.315 e. The summed E-state index contributed by atoms with van der Waals surface area (Å²) in [6.45, 7) is 1.54. The minimum atomic E-state index is -0.218. The highest BCUT2D eigenvalue weighted by molar-refractivity contribution is 5.74. The van der Waals surface area contributed by atoms with Crippen LogP contribution in [0.1, 0.15) is 16.7 Å². The number of hydrogen-bond acceptors (Lipinski definition) is 3. The Morgan fingerprint density at radius 1 is 0.962 bits per heavy atom. The normalized spacial score (nSPS) is 10.3. The topological polar surface area (TPSA) is 68.2 Å². The summed E-state index contributed by atoms with van der Waals surface area (Å²) in [7, 11) is 1.62. The number of amides is 2. The first-order chi connectivity index (χ1) is 12.8. The summed E-state index contributed by atoms with van der Waals surface area (Å²) in [6.07, 6.45) is 3.68. The Balaban J connectivity index is 1.55. The van der Waals surface area contributed by atoms with E-state index in [-0.39, 0.29) is 6.03 Å². The largest absolute Gasteiger partial charge is 0.496 e. The first kappa shape index (κ1) is 17.5. The predicted molar refractivity (Wildman–Crippen MR) is 99.8 cm³/mol. The number of para-hydroxylation sites is 1. The Hall–Kier alpha value is -3.28. The molecule has 0 saturated heterocycles. The molecule has 0 radical (unpaired) electrons. The molecule has 0 aliphatic heterocycles. The average Bonchev–Trinajstić information content (AvgIpc) is 3.19. The highest BCUT2D eigenvalue weighted by Gasteiger charge is 2.07. The van der Waals surface area contributed by atoms with Crippen LogP contribution in [0.4, 0.5) is 4.79 Å². The number of nitrogens with one attached hydrogen (secondary N) is 2. The maximum absolute atomic E-state index is 12.1. The SMILES string of the molecule is COc1ccccc1CNC(=O)NCc1ccccc1Cn1cccn1. The van der Waals surface area contributed by atoms with Crippen LogP contribution >= 0.6 is 0 Å². The third kappa shape index (κ3) is 4.63. The van der Waals surface area contributed by atoms with E-state index in [1.165, 1.54) is 0 Å². The number of aromatic nitrogens is 2. The Morgan fingerprint density at radius 3 is 2.31 bits per heavy atom. The van der Waals surface area contributed by atoms with Gasteiger partial charge >= 0.3 is 6.03 Å². The van der Waals surface area contributed by atoms with Crippen molar-refractivity contribution < 1.29 is 9.53 Å². The molecule has 6 heteroatoms. The van der Waals surface area contributed by atoms with Gasteiger partial charge in [0.15, 0.2) is 0 Å². The molecule has 0 aliphatic rings. The molecule has 134 valence electrons. The predicted octanol–water partition coefficient (Wildman–Crippen LogP) is 2.94. The van der Waals surface area contributed by atoms with Gasteiger partial charge in [-0.2, -0.15) is 5.10 Å². The lowest BCUT2D eigenvalue weighted by Crippen LogP contribution is -2.34. The molecule has 0 bridgehead atoms. The molecule has 2 aromatic carbocycles. The number of methoxy groups -OCH3 is 1. The molecule has 2 N–H and O–H groups in total. The van der Waals surface area contributed by atoms with Gasteiger partial charge in [-0.3, -0.25) is 4.68 Å². The Bertz CT molecular complexity index is 847. The van der Waals surface area contributed by atoms with E-state index in [9.17, 15) is 4.79 Å². The zero-order valence-electron chi connectivity index (χ0n) is 14.7. The number of benzene rings is 2. The van der Waals surface area contributed by atoms with Gasteiger partial charge < -0.3 is 15.4 Å². The van der Waals surface area contributed by atoms with E-state index in [0.29, 0.717) is 19.6 Å². The smallest absolute Gasteiger partial charge is 0.315 e. The third-order valence-corrected chi connectivity index (χ3v) is 4.08.